The highest BCUT2D eigenvalue weighted by atomic mass is 16.3. The number of aliphatic hydroxyl groups excluding tert-OH is 1. The van der Waals surface area contributed by atoms with E-state index in [9.17, 15) is 4.79 Å². The molecule has 1 amide bonds. The van der Waals surface area contributed by atoms with Gasteiger partial charge in [-0.2, -0.15) is 5.10 Å². The number of carbonyl (C=O) groups excluding carboxylic acids is 1. The summed E-state index contributed by atoms with van der Waals surface area (Å²) in [5.41, 5.74) is 2.21. The molecule has 0 unspecified atom stereocenters. The summed E-state index contributed by atoms with van der Waals surface area (Å²) in [6.07, 6.45) is 8.00. The first kappa shape index (κ1) is 19.4. The molecule has 7 nitrogen and oxygen atoms in total. The second-order valence-electron chi connectivity index (χ2n) is 7.36. The van der Waals surface area contributed by atoms with Crippen molar-refractivity contribution in [1.29, 1.82) is 0 Å². The molecule has 0 saturated heterocycles. The monoisotopic (exact) mass is 371 g/mol. The molecule has 1 aliphatic rings. The fourth-order valence-electron chi connectivity index (χ4n) is 3.35. The lowest BCUT2D eigenvalue weighted by Crippen LogP contribution is -2.39. The van der Waals surface area contributed by atoms with Crippen molar-refractivity contribution in [3.8, 4) is 0 Å². The van der Waals surface area contributed by atoms with Gasteiger partial charge in [-0.3, -0.25) is 14.5 Å². The van der Waals surface area contributed by atoms with E-state index in [1.54, 1.807) is 10.9 Å². The van der Waals surface area contributed by atoms with Gasteiger partial charge in [0.2, 0.25) is 0 Å². The summed E-state index contributed by atoms with van der Waals surface area (Å²) in [6.45, 7) is 3.93. The van der Waals surface area contributed by atoms with Gasteiger partial charge >= 0.3 is 0 Å². The third kappa shape index (κ3) is 5.07. The molecular formula is C20H29N5O2. The first-order valence-electron chi connectivity index (χ1n) is 9.68. The average molecular weight is 371 g/mol. The Bertz CT molecular complexity index is 769. The maximum Gasteiger partial charge on any atom is 0.270 e. The topological polar surface area (TPSA) is 83.3 Å². The molecule has 0 bridgehead atoms. The molecule has 1 aliphatic carbocycles. The van der Waals surface area contributed by atoms with Gasteiger partial charge in [0.05, 0.1) is 5.69 Å². The van der Waals surface area contributed by atoms with E-state index in [4.69, 9.17) is 5.11 Å². The van der Waals surface area contributed by atoms with Crippen LogP contribution in [0.25, 0.3) is 0 Å². The van der Waals surface area contributed by atoms with Gasteiger partial charge < -0.3 is 15.3 Å². The summed E-state index contributed by atoms with van der Waals surface area (Å²) in [5, 5.41) is 16.7. The lowest BCUT2D eigenvalue weighted by atomic mass is 10.1. The summed E-state index contributed by atoms with van der Waals surface area (Å²) in [5.74, 6) is -0.135. The maximum atomic E-state index is 12.8. The zero-order valence-corrected chi connectivity index (χ0v) is 16.2. The van der Waals surface area contributed by atoms with E-state index in [0.717, 1.165) is 50.2 Å². The molecule has 2 N–H and O–H groups in total. The van der Waals surface area contributed by atoms with Crippen molar-refractivity contribution in [2.75, 3.05) is 24.6 Å². The summed E-state index contributed by atoms with van der Waals surface area (Å²) < 4.78 is 1.78. The van der Waals surface area contributed by atoms with Crippen molar-refractivity contribution in [2.24, 2.45) is 7.05 Å². The lowest BCUT2D eigenvalue weighted by Gasteiger charge is -2.24. The third-order valence-corrected chi connectivity index (χ3v) is 4.94. The Morgan fingerprint density at radius 3 is 2.81 bits per heavy atom. The van der Waals surface area contributed by atoms with Crippen LogP contribution in [0.3, 0.4) is 0 Å². The molecule has 0 spiro atoms. The molecule has 1 fully saturated rings. The van der Waals surface area contributed by atoms with Crippen LogP contribution in [0.15, 0.2) is 30.6 Å². The van der Waals surface area contributed by atoms with E-state index < -0.39 is 0 Å². The van der Waals surface area contributed by atoms with E-state index in [1.165, 1.54) is 0 Å². The van der Waals surface area contributed by atoms with Gasteiger partial charge in [0, 0.05) is 56.8 Å². The zero-order chi connectivity index (χ0) is 19.3. The van der Waals surface area contributed by atoms with Crippen LogP contribution < -0.4 is 10.2 Å². The minimum absolute atomic E-state index is 0.135. The number of nitrogens with one attached hydrogen (secondary N) is 1. The molecule has 0 aromatic carbocycles. The number of aromatic nitrogens is 3. The number of nitrogens with zero attached hydrogens (tertiary/aromatic N) is 4. The predicted octanol–water partition coefficient (Wildman–Crippen LogP) is 1.92. The number of hydrogen-bond donors (Lipinski definition) is 2. The molecule has 1 saturated carbocycles. The molecule has 2 aromatic heterocycles. The number of aliphatic hydroxyl groups is 1. The third-order valence-electron chi connectivity index (χ3n) is 4.94. The largest absolute Gasteiger partial charge is 0.396 e. The van der Waals surface area contributed by atoms with Gasteiger partial charge in [-0.1, -0.05) is 6.92 Å². The highest BCUT2D eigenvalue weighted by Crippen LogP contribution is 2.38. The van der Waals surface area contributed by atoms with Crippen molar-refractivity contribution >= 4 is 11.6 Å². The normalized spacial score (nSPS) is 14.8. The number of rotatable bonds is 10. The maximum absolute atomic E-state index is 12.8. The van der Waals surface area contributed by atoms with Gasteiger partial charge in [-0.25, -0.2) is 0 Å². The molecule has 0 aliphatic heterocycles. The van der Waals surface area contributed by atoms with E-state index in [0.29, 0.717) is 12.1 Å². The van der Waals surface area contributed by atoms with Crippen molar-refractivity contribution in [3.05, 3.63) is 42.0 Å². The van der Waals surface area contributed by atoms with Crippen LogP contribution in [0.2, 0.25) is 0 Å². The fourth-order valence-corrected chi connectivity index (χ4v) is 3.35. The number of hydrogen-bond acceptors (Lipinski definition) is 5. The second kappa shape index (κ2) is 8.52. The SMILES string of the molecule is CCCN(CCCO)c1ccnc(C(=O)NC2(Cc3ccn(C)n3)CC2)c1. The van der Waals surface area contributed by atoms with Gasteiger partial charge in [0.1, 0.15) is 5.69 Å². The first-order chi connectivity index (χ1) is 13.0. The summed E-state index contributed by atoms with van der Waals surface area (Å²) in [4.78, 5) is 19.3. The Morgan fingerprint density at radius 2 is 2.19 bits per heavy atom. The predicted molar refractivity (Wildman–Crippen MR) is 105 cm³/mol. The van der Waals surface area contributed by atoms with Crippen LogP contribution in [0.5, 0.6) is 0 Å². The highest BCUT2D eigenvalue weighted by molar-refractivity contribution is 5.94. The number of anilines is 1. The van der Waals surface area contributed by atoms with Crippen LogP contribution in [0, 0.1) is 0 Å². The Labute approximate surface area is 160 Å². The molecule has 27 heavy (non-hydrogen) atoms. The average Bonchev–Trinajstić information content (AvgIpc) is 3.29. The van der Waals surface area contributed by atoms with Gasteiger partial charge in [-0.15, -0.1) is 0 Å². The van der Waals surface area contributed by atoms with Crippen LogP contribution >= 0.6 is 0 Å². The minimum Gasteiger partial charge on any atom is -0.396 e. The minimum atomic E-state index is -0.191. The van der Waals surface area contributed by atoms with E-state index in [-0.39, 0.29) is 18.1 Å². The molecular weight excluding hydrogens is 342 g/mol. The quantitative estimate of drug-likeness (QED) is 0.667. The summed E-state index contributed by atoms with van der Waals surface area (Å²) >= 11 is 0. The smallest absolute Gasteiger partial charge is 0.270 e. The van der Waals surface area contributed by atoms with Gasteiger partial charge in [-0.05, 0) is 43.9 Å². The van der Waals surface area contributed by atoms with Crippen molar-refractivity contribution in [1.82, 2.24) is 20.1 Å². The summed E-state index contributed by atoms with van der Waals surface area (Å²) in [6, 6.07) is 5.76. The van der Waals surface area contributed by atoms with Gasteiger partial charge in [0.25, 0.3) is 5.91 Å². The van der Waals surface area contributed by atoms with Crippen LogP contribution in [0.1, 0.15) is 48.8 Å². The van der Waals surface area contributed by atoms with Crippen LogP contribution in [-0.2, 0) is 13.5 Å². The Kier molecular flexibility index (Phi) is 6.11. The van der Waals surface area contributed by atoms with Crippen molar-refractivity contribution in [2.45, 2.75) is 44.6 Å². The molecule has 0 atom stereocenters. The zero-order valence-electron chi connectivity index (χ0n) is 16.2. The number of amides is 1. The van der Waals surface area contributed by atoms with E-state index in [2.05, 4.69) is 27.2 Å². The Hall–Kier alpha value is -2.41. The van der Waals surface area contributed by atoms with E-state index in [1.807, 2.05) is 31.4 Å². The molecule has 146 valence electrons. The van der Waals surface area contributed by atoms with Crippen molar-refractivity contribution < 1.29 is 9.90 Å². The first-order valence-corrected chi connectivity index (χ1v) is 9.68. The standard InChI is InChI=1S/C20H29N5O2/c1-3-10-25(11-4-13-26)17-5-9-21-18(14-17)19(27)22-20(7-8-20)15-16-6-12-24(2)23-16/h5-6,9,12,14,26H,3-4,7-8,10-11,13,15H2,1-2H3,(H,22,27). The number of aryl methyl sites for hydroxylation is 1. The van der Waals surface area contributed by atoms with Gasteiger partial charge in [0.15, 0.2) is 0 Å². The molecule has 7 heteroatoms. The lowest BCUT2D eigenvalue weighted by molar-refractivity contribution is 0.0926. The number of carbonyl (C=O) groups is 1. The highest BCUT2D eigenvalue weighted by Gasteiger charge is 2.44. The molecule has 2 heterocycles. The summed E-state index contributed by atoms with van der Waals surface area (Å²) in [7, 11) is 1.90. The van der Waals surface area contributed by atoms with E-state index >= 15 is 0 Å². The van der Waals surface area contributed by atoms with Crippen LogP contribution in [-0.4, -0.2) is 51.0 Å². The number of pyridine rings is 1. The van der Waals surface area contributed by atoms with Crippen molar-refractivity contribution in [3.63, 3.8) is 0 Å². The molecule has 3 rings (SSSR count). The Balaban J connectivity index is 1.67. The molecule has 2 aromatic rings. The molecule has 0 radical (unpaired) electrons. The Morgan fingerprint density at radius 1 is 1.37 bits per heavy atom. The fraction of sp³-hybridized carbons (Fsp3) is 0.550. The second-order valence-corrected chi connectivity index (χ2v) is 7.36. The van der Waals surface area contributed by atoms with Crippen LogP contribution in [0.4, 0.5) is 5.69 Å².